The number of ketones is 2. The van der Waals surface area contributed by atoms with Gasteiger partial charge in [-0.25, -0.2) is 0 Å². The van der Waals surface area contributed by atoms with Gasteiger partial charge in [0.05, 0.1) is 10.7 Å². The van der Waals surface area contributed by atoms with E-state index in [1.54, 1.807) is 24.3 Å². The zero-order valence-corrected chi connectivity index (χ0v) is 23.7. The molecule has 0 saturated heterocycles. The Bertz CT molecular complexity index is 1330. The van der Waals surface area contributed by atoms with Crippen LogP contribution < -0.4 is 4.90 Å². The fraction of sp³-hybridized carbons (Fsp3) is 0.379. The summed E-state index contributed by atoms with van der Waals surface area (Å²) < 4.78 is 0. The molecule has 0 fully saturated rings. The molecular weight excluding hydrogens is 536 g/mol. The van der Waals surface area contributed by atoms with Crippen LogP contribution >= 0.6 is 46.4 Å². The summed E-state index contributed by atoms with van der Waals surface area (Å²) >= 11 is 25.9. The number of halogens is 4. The average Bonchev–Trinajstić information content (AvgIpc) is 2.72. The Kier molecular flexibility index (Phi) is 6.40. The third-order valence-corrected chi connectivity index (χ3v) is 8.43. The summed E-state index contributed by atoms with van der Waals surface area (Å²) in [6.45, 7) is 8.39. The van der Waals surface area contributed by atoms with E-state index in [1.165, 1.54) is 0 Å². The molecular formula is C29H27Cl4NO2. The monoisotopic (exact) mass is 561 g/mol. The van der Waals surface area contributed by atoms with Gasteiger partial charge in [-0.3, -0.25) is 9.59 Å². The summed E-state index contributed by atoms with van der Waals surface area (Å²) in [6, 6.07) is 10.6. The molecule has 5 rings (SSSR count). The van der Waals surface area contributed by atoms with Gasteiger partial charge in [0.15, 0.2) is 11.6 Å². The lowest BCUT2D eigenvalue weighted by Crippen LogP contribution is -2.44. The Labute approximate surface area is 232 Å². The smallest absolute Gasteiger partial charge is 0.162 e. The van der Waals surface area contributed by atoms with E-state index in [4.69, 9.17) is 46.4 Å². The molecule has 1 aliphatic heterocycles. The first-order valence-corrected chi connectivity index (χ1v) is 13.5. The van der Waals surface area contributed by atoms with E-state index in [-0.39, 0.29) is 22.4 Å². The highest BCUT2D eigenvalue weighted by Gasteiger charge is 2.50. The van der Waals surface area contributed by atoms with Gasteiger partial charge < -0.3 is 4.90 Å². The van der Waals surface area contributed by atoms with E-state index >= 15 is 0 Å². The summed E-state index contributed by atoms with van der Waals surface area (Å²) in [6.07, 6.45) is 2.08. The highest BCUT2D eigenvalue weighted by atomic mass is 35.5. The molecule has 1 heterocycles. The van der Waals surface area contributed by atoms with Crippen LogP contribution in [-0.4, -0.2) is 11.6 Å². The van der Waals surface area contributed by atoms with Crippen molar-refractivity contribution in [1.82, 2.24) is 0 Å². The summed E-state index contributed by atoms with van der Waals surface area (Å²) in [4.78, 5) is 29.8. The number of hydrogen-bond donors (Lipinski definition) is 0. The van der Waals surface area contributed by atoms with Crippen LogP contribution in [0.2, 0.25) is 20.1 Å². The molecule has 7 heteroatoms. The summed E-state index contributed by atoms with van der Waals surface area (Å²) in [5, 5.41) is 1.94. The number of rotatable bonds is 2. The van der Waals surface area contributed by atoms with Gasteiger partial charge in [-0.15, -0.1) is 0 Å². The molecule has 0 bridgehead atoms. The maximum Gasteiger partial charge on any atom is 0.162 e. The first-order valence-electron chi connectivity index (χ1n) is 12.0. The van der Waals surface area contributed by atoms with Crippen molar-refractivity contribution in [3.8, 4) is 0 Å². The fourth-order valence-electron chi connectivity index (χ4n) is 5.97. The average molecular weight is 563 g/mol. The molecule has 36 heavy (non-hydrogen) atoms. The van der Waals surface area contributed by atoms with Gasteiger partial charge in [-0.05, 0) is 59.6 Å². The van der Waals surface area contributed by atoms with Crippen LogP contribution in [0.5, 0.6) is 0 Å². The lowest BCUT2D eigenvalue weighted by molar-refractivity contribution is -0.119. The largest absolute Gasteiger partial charge is 0.316 e. The van der Waals surface area contributed by atoms with E-state index in [9.17, 15) is 9.59 Å². The van der Waals surface area contributed by atoms with Crippen LogP contribution in [0.15, 0.2) is 58.9 Å². The topological polar surface area (TPSA) is 37.4 Å². The number of benzene rings is 2. The summed E-state index contributed by atoms with van der Waals surface area (Å²) in [7, 11) is 0. The number of nitrogens with zero attached hydrogens (tertiary/aromatic N) is 1. The van der Waals surface area contributed by atoms with Crippen LogP contribution in [0.3, 0.4) is 0 Å². The van der Waals surface area contributed by atoms with Crippen molar-refractivity contribution in [1.29, 1.82) is 0 Å². The third kappa shape index (κ3) is 4.43. The SMILES string of the molecule is CC1(C)CC(=O)C2=C(C1)N(c1ccc(Cl)cc1Cl)C1=C(C(=O)CC(C)(C)C1)C2c1ccc(Cl)cc1Cl. The number of anilines is 1. The second-order valence-electron chi connectivity index (χ2n) is 11.6. The summed E-state index contributed by atoms with van der Waals surface area (Å²) in [5.74, 6) is -0.498. The highest BCUT2D eigenvalue weighted by molar-refractivity contribution is 6.37. The predicted molar refractivity (Wildman–Crippen MR) is 148 cm³/mol. The Balaban J connectivity index is 1.87. The molecule has 0 N–H and O–H groups in total. The van der Waals surface area contributed by atoms with Crippen molar-refractivity contribution < 1.29 is 9.59 Å². The van der Waals surface area contributed by atoms with Gasteiger partial charge in [0, 0.05) is 56.4 Å². The maximum atomic E-state index is 13.9. The van der Waals surface area contributed by atoms with E-state index in [0.717, 1.165) is 22.6 Å². The predicted octanol–water partition coefficient (Wildman–Crippen LogP) is 9.19. The normalized spacial score (nSPS) is 21.6. The standard InChI is InChI=1S/C29H27Cl4NO2/c1-28(2)11-21-26(23(35)13-28)25(17-7-5-15(30)9-18(17)32)27-22(12-29(3,4)14-24(27)36)34(21)20-8-6-16(31)10-19(20)33/h5-10,25H,11-14H2,1-4H3. The molecule has 0 radical (unpaired) electrons. The first-order chi connectivity index (χ1) is 16.8. The van der Waals surface area contributed by atoms with Gasteiger partial charge in [0.25, 0.3) is 0 Å². The maximum absolute atomic E-state index is 13.9. The number of hydrogen-bond acceptors (Lipinski definition) is 3. The molecule has 2 aromatic carbocycles. The van der Waals surface area contributed by atoms with Gasteiger partial charge in [0.1, 0.15) is 0 Å². The molecule has 3 nitrogen and oxygen atoms in total. The van der Waals surface area contributed by atoms with Crippen molar-refractivity contribution in [3.63, 3.8) is 0 Å². The number of carbonyl (C=O) groups excluding carboxylic acids is 2. The van der Waals surface area contributed by atoms with Crippen LogP contribution in [0.1, 0.15) is 64.9 Å². The Morgan fingerprint density at radius 3 is 1.64 bits per heavy atom. The zero-order chi connectivity index (χ0) is 26.2. The Morgan fingerprint density at radius 2 is 1.17 bits per heavy atom. The quantitative estimate of drug-likeness (QED) is 0.366. The second-order valence-corrected chi connectivity index (χ2v) is 13.3. The van der Waals surface area contributed by atoms with E-state index < -0.39 is 5.92 Å². The Morgan fingerprint density at radius 1 is 0.694 bits per heavy atom. The number of carbonyl (C=O) groups is 2. The lowest BCUT2D eigenvalue weighted by atomic mass is 9.63. The van der Waals surface area contributed by atoms with Gasteiger partial charge in [0.2, 0.25) is 0 Å². The summed E-state index contributed by atoms with van der Waals surface area (Å²) in [5.41, 5.74) is 3.93. The molecule has 0 aromatic heterocycles. The molecule has 2 aromatic rings. The molecule has 2 aliphatic carbocycles. The fourth-order valence-corrected chi connectivity index (χ4v) is 6.98. The van der Waals surface area contributed by atoms with Crippen LogP contribution in [-0.2, 0) is 9.59 Å². The van der Waals surface area contributed by atoms with Crippen molar-refractivity contribution in [2.75, 3.05) is 4.90 Å². The third-order valence-electron chi connectivity index (χ3n) is 7.33. The van der Waals surface area contributed by atoms with Gasteiger partial charge in [-0.1, -0.05) is 80.2 Å². The van der Waals surface area contributed by atoms with Crippen molar-refractivity contribution >= 4 is 63.7 Å². The molecule has 0 saturated carbocycles. The van der Waals surface area contributed by atoms with Crippen molar-refractivity contribution in [2.24, 2.45) is 10.8 Å². The molecule has 188 valence electrons. The minimum atomic E-state index is -0.547. The Hall–Kier alpha value is -1.78. The number of Topliss-reactive ketones (excluding diaryl/α,β-unsaturated/α-hetero) is 2. The van der Waals surface area contributed by atoms with Crippen LogP contribution in [0.25, 0.3) is 0 Å². The van der Waals surface area contributed by atoms with Gasteiger partial charge in [-0.2, -0.15) is 0 Å². The van der Waals surface area contributed by atoms with Crippen LogP contribution in [0.4, 0.5) is 5.69 Å². The lowest BCUT2D eigenvalue weighted by Gasteiger charge is -2.49. The van der Waals surface area contributed by atoms with E-state index in [2.05, 4.69) is 32.6 Å². The number of allylic oxidation sites excluding steroid dienone is 4. The molecule has 0 amide bonds. The molecule has 3 aliphatic rings. The second kappa shape index (κ2) is 8.91. The van der Waals surface area contributed by atoms with Gasteiger partial charge >= 0.3 is 0 Å². The molecule has 0 unspecified atom stereocenters. The van der Waals surface area contributed by atoms with Crippen molar-refractivity contribution in [2.45, 2.75) is 59.3 Å². The van der Waals surface area contributed by atoms with Crippen molar-refractivity contribution in [3.05, 3.63) is 84.6 Å². The minimum Gasteiger partial charge on any atom is -0.316 e. The van der Waals surface area contributed by atoms with Crippen LogP contribution in [0, 0.1) is 10.8 Å². The minimum absolute atomic E-state index is 0.0246. The molecule has 0 spiro atoms. The van der Waals surface area contributed by atoms with E-state index in [1.807, 2.05) is 12.1 Å². The van der Waals surface area contributed by atoms with E-state index in [0.29, 0.717) is 56.9 Å². The zero-order valence-electron chi connectivity index (χ0n) is 20.6. The molecule has 0 atom stereocenters. The first kappa shape index (κ1) is 25.9. The highest BCUT2D eigenvalue weighted by Crippen LogP contribution is 2.56.